The fourth-order valence-corrected chi connectivity index (χ4v) is 2.17. The molecule has 30 heavy (non-hydrogen) atoms. The maximum atomic E-state index is 11.9. The minimum atomic E-state index is -1.48. The lowest BCUT2D eigenvalue weighted by Crippen LogP contribution is -2.49. The number of carbonyl (C=O) groups excluding carboxylic acids is 4. The molecule has 0 saturated carbocycles. The van der Waals surface area contributed by atoms with Crippen molar-refractivity contribution in [2.75, 3.05) is 26.2 Å². The Kier molecular flexibility index (Phi) is 10.5. The Bertz CT molecular complexity index is 757. The highest BCUT2D eigenvalue weighted by molar-refractivity contribution is 5.91. The molecule has 0 bridgehead atoms. The second-order valence-corrected chi connectivity index (χ2v) is 6.21. The molecular weight excluding hydrogens is 398 g/mol. The van der Waals surface area contributed by atoms with Gasteiger partial charge in [0.15, 0.2) is 0 Å². The number of hydrogen-bond acceptors (Lipinski definition) is 7. The van der Waals surface area contributed by atoms with Gasteiger partial charge in [0.25, 0.3) is 0 Å². The number of hydrogen-bond donors (Lipinski definition) is 7. The monoisotopic (exact) mass is 423 g/mol. The molecule has 1 rings (SSSR count). The smallest absolute Gasteiger partial charge is 0.328 e. The van der Waals surface area contributed by atoms with Gasteiger partial charge in [0.05, 0.1) is 32.3 Å². The van der Waals surface area contributed by atoms with Crippen LogP contribution in [0.3, 0.4) is 0 Å². The standard InChI is InChI=1S/C18H25N5O7/c19-12(6-11-4-2-1-3-5-11)17(28)22-8-15(26)20-7-14(25)21-9-16(27)23-13(10-24)18(29)30/h1-5,12-13,24H,6-10,19H2,(H,20,26)(H,21,25)(H,22,28)(H,23,27)(H,29,30)/t12-,13-/m0/s1. The fraction of sp³-hybridized carbons (Fsp3) is 0.389. The number of aliphatic carboxylic acids is 1. The Morgan fingerprint density at radius 3 is 1.93 bits per heavy atom. The molecule has 1 aromatic carbocycles. The number of carboxylic acid groups (broad SMARTS) is 1. The van der Waals surface area contributed by atoms with Crippen LogP contribution in [0.25, 0.3) is 0 Å². The predicted octanol–water partition coefficient (Wildman–Crippen LogP) is -3.53. The Morgan fingerprint density at radius 2 is 1.40 bits per heavy atom. The summed E-state index contributed by atoms with van der Waals surface area (Å²) in [6.45, 7) is -2.18. The van der Waals surface area contributed by atoms with Crippen LogP contribution in [0.5, 0.6) is 0 Å². The first-order valence-electron chi connectivity index (χ1n) is 8.96. The summed E-state index contributed by atoms with van der Waals surface area (Å²) in [4.78, 5) is 57.4. The molecule has 0 fully saturated rings. The van der Waals surface area contributed by atoms with Crippen molar-refractivity contribution in [1.29, 1.82) is 0 Å². The van der Waals surface area contributed by atoms with E-state index in [4.69, 9.17) is 15.9 Å². The first-order chi connectivity index (χ1) is 14.2. The summed E-state index contributed by atoms with van der Waals surface area (Å²) >= 11 is 0. The van der Waals surface area contributed by atoms with Crippen molar-refractivity contribution in [3.05, 3.63) is 35.9 Å². The second-order valence-electron chi connectivity index (χ2n) is 6.21. The molecule has 4 amide bonds. The number of carbonyl (C=O) groups is 5. The molecule has 12 nitrogen and oxygen atoms in total. The lowest BCUT2D eigenvalue weighted by molar-refractivity contribution is -0.142. The van der Waals surface area contributed by atoms with E-state index in [0.29, 0.717) is 6.42 Å². The van der Waals surface area contributed by atoms with E-state index in [-0.39, 0.29) is 6.54 Å². The quantitative estimate of drug-likeness (QED) is 0.179. The number of rotatable bonds is 12. The van der Waals surface area contributed by atoms with Gasteiger partial charge in [-0.05, 0) is 12.0 Å². The summed E-state index contributed by atoms with van der Waals surface area (Å²) in [6, 6.07) is 6.80. The average molecular weight is 423 g/mol. The zero-order valence-corrected chi connectivity index (χ0v) is 16.1. The third-order valence-electron chi connectivity index (χ3n) is 3.77. The molecular formula is C18H25N5O7. The number of aliphatic hydroxyl groups excluding tert-OH is 1. The number of carboxylic acids is 1. The Balaban J connectivity index is 2.24. The van der Waals surface area contributed by atoms with Crippen LogP contribution in [0.2, 0.25) is 0 Å². The summed E-state index contributed by atoms with van der Waals surface area (Å²) < 4.78 is 0. The zero-order valence-electron chi connectivity index (χ0n) is 16.1. The maximum Gasteiger partial charge on any atom is 0.328 e. The molecule has 0 heterocycles. The van der Waals surface area contributed by atoms with Crippen LogP contribution in [0.4, 0.5) is 0 Å². The lowest BCUT2D eigenvalue weighted by atomic mass is 10.1. The summed E-state index contributed by atoms with van der Waals surface area (Å²) in [7, 11) is 0. The van der Waals surface area contributed by atoms with E-state index in [1.165, 1.54) is 0 Å². The maximum absolute atomic E-state index is 11.9. The zero-order chi connectivity index (χ0) is 22.5. The van der Waals surface area contributed by atoms with Crippen LogP contribution in [0.1, 0.15) is 5.56 Å². The van der Waals surface area contributed by atoms with Gasteiger partial charge in [0.1, 0.15) is 6.04 Å². The molecule has 0 radical (unpaired) electrons. The number of aliphatic hydroxyl groups is 1. The van der Waals surface area contributed by atoms with E-state index >= 15 is 0 Å². The van der Waals surface area contributed by atoms with Gasteiger partial charge in [0.2, 0.25) is 23.6 Å². The van der Waals surface area contributed by atoms with Gasteiger partial charge in [-0.25, -0.2) is 4.79 Å². The van der Waals surface area contributed by atoms with Crippen molar-refractivity contribution in [2.24, 2.45) is 5.73 Å². The molecule has 0 aliphatic heterocycles. The Labute approximate surface area is 172 Å². The number of nitrogens with two attached hydrogens (primary N) is 1. The Morgan fingerprint density at radius 1 is 0.867 bits per heavy atom. The number of amides is 4. The molecule has 0 aromatic heterocycles. The van der Waals surface area contributed by atoms with Gasteiger partial charge in [-0.3, -0.25) is 19.2 Å². The van der Waals surface area contributed by atoms with Crippen LogP contribution >= 0.6 is 0 Å². The molecule has 2 atom stereocenters. The summed E-state index contributed by atoms with van der Waals surface area (Å²) in [5.74, 6) is -4.11. The van der Waals surface area contributed by atoms with E-state index in [1.807, 2.05) is 35.6 Å². The van der Waals surface area contributed by atoms with E-state index in [1.54, 1.807) is 0 Å². The topological polar surface area (TPSA) is 200 Å². The largest absolute Gasteiger partial charge is 0.480 e. The molecule has 8 N–H and O–H groups in total. The second kappa shape index (κ2) is 12.9. The first kappa shape index (κ1) is 24.5. The van der Waals surface area contributed by atoms with Gasteiger partial charge in [-0.15, -0.1) is 0 Å². The van der Waals surface area contributed by atoms with Gasteiger partial charge < -0.3 is 37.2 Å². The van der Waals surface area contributed by atoms with E-state index in [0.717, 1.165) is 5.56 Å². The normalized spacial score (nSPS) is 12.2. The van der Waals surface area contributed by atoms with E-state index in [2.05, 4.69) is 16.0 Å². The minimum absolute atomic E-state index is 0.303. The molecule has 1 aromatic rings. The highest BCUT2D eigenvalue weighted by Gasteiger charge is 2.19. The Hall–Kier alpha value is -3.51. The number of nitrogens with one attached hydrogen (secondary N) is 4. The van der Waals surface area contributed by atoms with Crippen molar-refractivity contribution >= 4 is 29.6 Å². The highest BCUT2D eigenvalue weighted by atomic mass is 16.4. The third kappa shape index (κ3) is 9.61. The molecule has 12 heteroatoms. The van der Waals surface area contributed by atoms with Gasteiger partial charge in [-0.1, -0.05) is 30.3 Å². The van der Waals surface area contributed by atoms with Crippen molar-refractivity contribution in [3.63, 3.8) is 0 Å². The molecule has 0 unspecified atom stereocenters. The van der Waals surface area contributed by atoms with Crippen molar-refractivity contribution < 1.29 is 34.2 Å². The predicted molar refractivity (Wildman–Crippen MR) is 104 cm³/mol. The van der Waals surface area contributed by atoms with Crippen molar-refractivity contribution in [3.8, 4) is 0 Å². The molecule has 0 aliphatic rings. The molecule has 0 aliphatic carbocycles. The van der Waals surface area contributed by atoms with Crippen molar-refractivity contribution in [2.45, 2.75) is 18.5 Å². The fourth-order valence-electron chi connectivity index (χ4n) is 2.17. The van der Waals surface area contributed by atoms with Crippen LogP contribution in [0.15, 0.2) is 30.3 Å². The molecule has 0 spiro atoms. The summed E-state index contributed by atoms with van der Waals surface area (Å²) in [5.41, 5.74) is 6.66. The minimum Gasteiger partial charge on any atom is -0.480 e. The van der Waals surface area contributed by atoms with Crippen LogP contribution in [-0.2, 0) is 30.4 Å². The molecule has 164 valence electrons. The lowest BCUT2D eigenvalue weighted by Gasteiger charge is -2.13. The van der Waals surface area contributed by atoms with Gasteiger partial charge >= 0.3 is 5.97 Å². The van der Waals surface area contributed by atoms with E-state index < -0.39 is 61.4 Å². The molecule has 0 saturated heterocycles. The highest BCUT2D eigenvalue weighted by Crippen LogP contribution is 2.01. The van der Waals surface area contributed by atoms with Crippen LogP contribution < -0.4 is 27.0 Å². The summed E-state index contributed by atoms with van der Waals surface area (Å²) in [5, 5.41) is 26.3. The van der Waals surface area contributed by atoms with Gasteiger partial charge in [-0.2, -0.15) is 0 Å². The van der Waals surface area contributed by atoms with Gasteiger partial charge in [0, 0.05) is 0 Å². The average Bonchev–Trinajstić information content (AvgIpc) is 2.73. The van der Waals surface area contributed by atoms with Crippen LogP contribution in [0, 0.1) is 0 Å². The third-order valence-corrected chi connectivity index (χ3v) is 3.77. The SMILES string of the molecule is N[C@@H](Cc1ccccc1)C(=O)NCC(=O)NCC(=O)NCC(=O)N[C@@H](CO)C(=O)O. The van der Waals surface area contributed by atoms with Crippen LogP contribution in [-0.4, -0.2) is 78.1 Å². The number of benzene rings is 1. The first-order valence-corrected chi connectivity index (χ1v) is 8.96. The summed E-state index contributed by atoms with van der Waals surface area (Å²) in [6.07, 6.45) is 0.303. The van der Waals surface area contributed by atoms with E-state index in [9.17, 15) is 24.0 Å². The van der Waals surface area contributed by atoms with Crippen molar-refractivity contribution in [1.82, 2.24) is 21.3 Å².